The van der Waals surface area contributed by atoms with Crippen molar-refractivity contribution in [2.45, 2.75) is 57.5 Å². The lowest BCUT2D eigenvalue weighted by Gasteiger charge is -2.20. The number of rotatable bonds is 3. The van der Waals surface area contributed by atoms with E-state index in [4.69, 9.17) is 6.42 Å². The highest BCUT2D eigenvalue weighted by Gasteiger charge is 2.09. The Bertz CT molecular complexity index is 212. The first-order valence-electron chi connectivity index (χ1n) is 5.69. The van der Waals surface area contributed by atoms with Crippen molar-refractivity contribution in [3.63, 3.8) is 0 Å². The van der Waals surface area contributed by atoms with E-state index >= 15 is 0 Å². The number of allylic oxidation sites excluding steroid dienone is 1. The smallest absolute Gasteiger partial charge is 0.0252 e. The third-order valence-electron chi connectivity index (χ3n) is 2.68. The van der Waals surface area contributed by atoms with Crippen LogP contribution in [0.4, 0.5) is 0 Å². The van der Waals surface area contributed by atoms with Crippen molar-refractivity contribution in [3.05, 3.63) is 12.2 Å². The van der Waals surface area contributed by atoms with Gasteiger partial charge in [0.05, 0.1) is 0 Å². The molecule has 0 radical (unpaired) electrons. The summed E-state index contributed by atoms with van der Waals surface area (Å²) in [5.74, 6) is 2.70. The highest BCUT2D eigenvalue weighted by molar-refractivity contribution is 4.97. The topological polar surface area (TPSA) is 12.0 Å². The van der Waals surface area contributed by atoms with Crippen LogP contribution in [-0.2, 0) is 0 Å². The van der Waals surface area contributed by atoms with Crippen LogP contribution in [-0.4, -0.2) is 12.1 Å². The summed E-state index contributed by atoms with van der Waals surface area (Å²) in [6, 6.07) is 0.979. The molecule has 0 fully saturated rings. The average Bonchev–Trinajstić information content (AvgIpc) is 2.10. The van der Waals surface area contributed by atoms with Crippen molar-refractivity contribution in [1.82, 2.24) is 5.32 Å². The molecule has 0 saturated carbocycles. The maximum Gasteiger partial charge on any atom is 0.0252 e. The number of nitrogens with one attached hydrogen (secondary N) is 1. The normalized spacial score (nSPS) is 27.0. The molecule has 2 atom stereocenters. The standard InChI is InChI=1S/C13H21N/c1-3-9-12(2)14-13-10-7-5-4-6-8-11-13/h1,7,10,12-14H,4-6,8-9,11H2,2H3/b10-7-. The zero-order chi connectivity index (χ0) is 10.2. The Morgan fingerprint density at radius 2 is 2.36 bits per heavy atom. The van der Waals surface area contributed by atoms with Gasteiger partial charge in [-0.2, -0.15) is 0 Å². The summed E-state index contributed by atoms with van der Waals surface area (Å²) in [4.78, 5) is 0. The van der Waals surface area contributed by atoms with Gasteiger partial charge in [0.2, 0.25) is 0 Å². The van der Waals surface area contributed by atoms with E-state index in [1.165, 1.54) is 32.1 Å². The Morgan fingerprint density at radius 1 is 1.50 bits per heavy atom. The van der Waals surface area contributed by atoms with E-state index in [0.29, 0.717) is 12.1 Å². The highest BCUT2D eigenvalue weighted by Crippen LogP contribution is 2.12. The molecule has 0 aromatic heterocycles. The predicted molar refractivity (Wildman–Crippen MR) is 62.1 cm³/mol. The van der Waals surface area contributed by atoms with E-state index < -0.39 is 0 Å². The molecule has 1 nitrogen and oxygen atoms in total. The second kappa shape index (κ2) is 6.68. The minimum atomic E-state index is 0.439. The van der Waals surface area contributed by atoms with Crippen LogP contribution in [0.3, 0.4) is 0 Å². The molecule has 0 aromatic carbocycles. The van der Waals surface area contributed by atoms with E-state index in [-0.39, 0.29) is 0 Å². The maximum absolute atomic E-state index is 5.28. The van der Waals surface area contributed by atoms with E-state index in [1.807, 2.05) is 0 Å². The van der Waals surface area contributed by atoms with Gasteiger partial charge in [-0.1, -0.05) is 25.0 Å². The molecule has 0 bridgehead atoms. The molecular weight excluding hydrogens is 170 g/mol. The van der Waals surface area contributed by atoms with E-state index in [2.05, 4.69) is 30.3 Å². The summed E-state index contributed by atoms with van der Waals surface area (Å²) in [5, 5.41) is 3.56. The van der Waals surface area contributed by atoms with Gasteiger partial charge in [-0.25, -0.2) is 0 Å². The van der Waals surface area contributed by atoms with Crippen LogP contribution in [0.1, 0.15) is 45.4 Å². The van der Waals surface area contributed by atoms with Gasteiger partial charge in [0, 0.05) is 18.5 Å². The molecule has 1 aliphatic rings. The molecule has 14 heavy (non-hydrogen) atoms. The highest BCUT2D eigenvalue weighted by atomic mass is 14.9. The van der Waals surface area contributed by atoms with Crippen LogP contribution < -0.4 is 5.32 Å². The van der Waals surface area contributed by atoms with Crippen LogP contribution >= 0.6 is 0 Å². The van der Waals surface area contributed by atoms with Crippen molar-refractivity contribution < 1.29 is 0 Å². The summed E-state index contributed by atoms with van der Waals surface area (Å²) in [7, 11) is 0. The first kappa shape index (κ1) is 11.3. The lowest BCUT2D eigenvalue weighted by Crippen LogP contribution is -2.35. The van der Waals surface area contributed by atoms with Gasteiger partial charge in [0.15, 0.2) is 0 Å². The van der Waals surface area contributed by atoms with Gasteiger partial charge < -0.3 is 5.32 Å². The maximum atomic E-state index is 5.28. The lowest BCUT2D eigenvalue weighted by atomic mass is 10.0. The molecule has 0 aromatic rings. The second-order valence-electron chi connectivity index (χ2n) is 4.15. The summed E-state index contributed by atoms with van der Waals surface area (Å²) < 4.78 is 0. The SMILES string of the molecule is C#CCC(C)NC1/C=C\CCCCC1. The predicted octanol–water partition coefficient (Wildman–Crippen LogP) is 2.88. The Morgan fingerprint density at radius 3 is 3.14 bits per heavy atom. The quantitative estimate of drug-likeness (QED) is 0.534. The summed E-state index contributed by atoms with van der Waals surface area (Å²) in [6.07, 6.45) is 17.3. The lowest BCUT2D eigenvalue weighted by molar-refractivity contribution is 0.457. The van der Waals surface area contributed by atoms with Crippen LogP contribution in [0.2, 0.25) is 0 Å². The Hall–Kier alpha value is -0.740. The number of hydrogen-bond acceptors (Lipinski definition) is 1. The third-order valence-corrected chi connectivity index (χ3v) is 2.68. The number of terminal acetylenes is 1. The summed E-state index contributed by atoms with van der Waals surface area (Å²) in [5.41, 5.74) is 0. The molecule has 2 unspecified atom stereocenters. The van der Waals surface area contributed by atoms with Gasteiger partial charge in [-0.3, -0.25) is 0 Å². The first-order valence-corrected chi connectivity index (χ1v) is 5.69. The molecule has 0 amide bonds. The zero-order valence-electron chi connectivity index (χ0n) is 9.13. The Labute approximate surface area is 88.0 Å². The van der Waals surface area contributed by atoms with Gasteiger partial charge in [-0.15, -0.1) is 12.3 Å². The van der Waals surface area contributed by atoms with E-state index in [0.717, 1.165) is 6.42 Å². The molecule has 1 N–H and O–H groups in total. The van der Waals surface area contributed by atoms with Crippen LogP contribution in [0.5, 0.6) is 0 Å². The Kier molecular flexibility index (Phi) is 5.40. The van der Waals surface area contributed by atoms with Gasteiger partial charge in [0.1, 0.15) is 0 Å². The molecule has 1 rings (SSSR count). The average molecular weight is 191 g/mol. The first-order chi connectivity index (χ1) is 6.83. The molecule has 1 heteroatoms. The molecule has 0 heterocycles. The van der Waals surface area contributed by atoms with Crippen molar-refractivity contribution >= 4 is 0 Å². The fraction of sp³-hybridized carbons (Fsp3) is 0.692. The monoisotopic (exact) mass is 191 g/mol. The molecule has 0 spiro atoms. The Balaban J connectivity index is 2.33. The number of hydrogen-bond donors (Lipinski definition) is 1. The van der Waals surface area contributed by atoms with Crippen molar-refractivity contribution in [1.29, 1.82) is 0 Å². The van der Waals surface area contributed by atoms with E-state index in [9.17, 15) is 0 Å². The summed E-state index contributed by atoms with van der Waals surface area (Å²) >= 11 is 0. The molecule has 0 aliphatic heterocycles. The minimum absolute atomic E-state index is 0.439. The zero-order valence-corrected chi connectivity index (χ0v) is 9.13. The molecular formula is C13H21N. The fourth-order valence-corrected chi connectivity index (χ4v) is 1.90. The van der Waals surface area contributed by atoms with Crippen molar-refractivity contribution in [3.8, 4) is 12.3 Å². The molecule has 1 aliphatic carbocycles. The van der Waals surface area contributed by atoms with Crippen molar-refractivity contribution in [2.75, 3.05) is 0 Å². The molecule has 0 saturated heterocycles. The largest absolute Gasteiger partial charge is 0.307 e. The van der Waals surface area contributed by atoms with Crippen LogP contribution in [0, 0.1) is 12.3 Å². The minimum Gasteiger partial charge on any atom is -0.307 e. The van der Waals surface area contributed by atoms with Crippen LogP contribution in [0.25, 0.3) is 0 Å². The van der Waals surface area contributed by atoms with E-state index in [1.54, 1.807) is 0 Å². The summed E-state index contributed by atoms with van der Waals surface area (Å²) in [6.45, 7) is 2.16. The third kappa shape index (κ3) is 4.48. The fourth-order valence-electron chi connectivity index (χ4n) is 1.90. The van der Waals surface area contributed by atoms with Gasteiger partial charge in [0.25, 0.3) is 0 Å². The van der Waals surface area contributed by atoms with Gasteiger partial charge in [-0.05, 0) is 26.2 Å². The van der Waals surface area contributed by atoms with Crippen LogP contribution in [0.15, 0.2) is 12.2 Å². The van der Waals surface area contributed by atoms with Crippen molar-refractivity contribution in [2.24, 2.45) is 0 Å². The second-order valence-corrected chi connectivity index (χ2v) is 4.15. The van der Waals surface area contributed by atoms with Gasteiger partial charge >= 0.3 is 0 Å². The molecule has 78 valence electrons.